The number of carbonyl (C=O) groups excluding carboxylic acids is 2. The minimum absolute atomic E-state index is 0.223. The number of carbonyl (C=O) groups is 2. The van der Waals surface area contributed by atoms with Gasteiger partial charge in [-0.1, -0.05) is 34.8 Å². The molecule has 0 bridgehead atoms. The summed E-state index contributed by atoms with van der Waals surface area (Å²) in [6.07, 6.45) is 0.00971. The maximum absolute atomic E-state index is 13.0. The summed E-state index contributed by atoms with van der Waals surface area (Å²) in [6.45, 7) is 2.13. The van der Waals surface area contributed by atoms with E-state index in [2.05, 4.69) is 10.5 Å². The highest BCUT2D eigenvalue weighted by Gasteiger charge is 2.23. The number of hydrogen-bond acceptors (Lipinski definition) is 7. The van der Waals surface area contributed by atoms with Crippen LogP contribution in [0.15, 0.2) is 96.1 Å². The van der Waals surface area contributed by atoms with Crippen molar-refractivity contribution in [3.63, 3.8) is 0 Å². The second-order valence-electron chi connectivity index (χ2n) is 8.25. The maximum Gasteiger partial charge on any atom is 0.343 e. The SMILES string of the molecule is CCOc1cc(C=NNC(=O)C(Oc2ccc(Cl)cc2)Oc2ccc(Cl)cc2)ccc1OC(=O)c1ccc(Cl)cc1. The quantitative estimate of drug-likeness (QED) is 0.0632. The van der Waals surface area contributed by atoms with Crippen LogP contribution in [0.4, 0.5) is 0 Å². The van der Waals surface area contributed by atoms with Gasteiger partial charge in [0.05, 0.1) is 18.4 Å². The first-order valence-corrected chi connectivity index (χ1v) is 13.4. The van der Waals surface area contributed by atoms with Crippen molar-refractivity contribution in [1.82, 2.24) is 5.43 Å². The molecule has 1 amide bonds. The molecule has 210 valence electrons. The van der Waals surface area contributed by atoms with Crippen molar-refractivity contribution in [2.24, 2.45) is 5.10 Å². The monoisotopic (exact) mass is 612 g/mol. The molecule has 1 N–H and O–H groups in total. The minimum atomic E-state index is -1.39. The average Bonchev–Trinajstić information content (AvgIpc) is 2.96. The summed E-state index contributed by atoms with van der Waals surface area (Å²) in [4.78, 5) is 25.5. The predicted octanol–water partition coefficient (Wildman–Crippen LogP) is 7.20. The zero-order valence-corrected chi connectivity index (χ0v) is 23.8. The Labute approximate surface area is 251 Å². The molecule has 0 aliphatic rings. The molecule has 0 spiro atoms. The van der Waals surface area contributed by atoms with Crippen molar-refractivity contribution in [3.8, 4) is 23.0 Å². The van der Waals surface area contributed by atoms with Crippen LogP contribution in [0.2, 0.25) is 15.1 Å². The number of nitrogens with one attached hydrogen (secondary N) is 1. The van der Waals surface area contributed by atoms with E-state index in [9.17, 15) is 9.59 Å². The van der Waals surface area contributed by atoms with Gasteiger partial charge < -0.3 is 18.9 Å². The number of esters is 1. The number of hydrazone groups is 1. The van der Waals surface area contributed by atoms with Crippen LogP contribution >= 0.6 is 34.8 Å². The molecular weight excluding hydrogens is 591 g/mol. The third kappa shape index (κ3) is 8.88. The molecule has 41 heavy (non-hydrogen) atoms. The Morgan fingerprint density at radius 2 is 1.32 bits per heavy atom. The van der Waals surface area contributed by atoms with E-state index >= 15 is 0 Å². The fraction of sp³-hybridized carbons (Fsp3) is 0.100. The third-order valence-corrected chi connectivity index (χ3v) is 6.02. The van der Waals surface area contributed by atoms with E-state index in [-0.39, 0.29) is 5.75 Å². The molecule has 0 atom stereocenters. The summed E-state index contributed by atoms with van der Waals surface area (Å²) < 4.78 is 22.6. The van der Waals surface area contributed by atoms with Crippen LogP contribution in [0.25, 0.3) is 0 Å². The van der Waals surface area contributed by atoms with Crippen LogP contribution in [0, 0.1) is 0 Å². The van der Waals surface area contributed by atoms with Gasteiger partial charge in [0.15, 0.2) is 11.5 Å². The van der Waals surface area contributed by atoms with Crippen molar-refractivity contribution in [1.29, 1.82) is 0 Å². The molecule has 0 saturated heterocycles. The number of hydrogen-bond donors (Lipinski definition) is 1. The molecule has 0 radical (unpaired) electrons. The summed E-state index contributed by atoms with van der Waals surface area (Å²) in [5, 5.41) is 5.55. The van der Waals surface area contributed by atoms with Gasteiger partial charge in [0.1, 0.15) is 11.5 Å². The van der Waals surface area contributed by atoms with Crippen molar-refractivity contribution in [2.75, 3.05) is 6.61 Å². The highest BCUT2D eigenvalue weighted by atomic mass is 35.5. The van der Waals surface area contributed by atoms with E-state index < -0.39 is 18.2 Å². The summed E-state index contributed by atoms with van der Waals surface area (Å²) in [7, 11) is 0. The van der Waals surface area contributed by atoms with Gasteiger partial charge in [0.25, 0.3) is 0 Å². The highest BCUT2D eigenvalue weighted by molar-refractivity contribution is 6.31. The van der Waals surface area contributed by atoms with Crippen molar-refractivity contribution >= 4 is 52.9 Å². The molecule has 0 heterocycles. The van der Waals surface area contributed by atoms with E-state index in [0.29, 0.717) is 50.1 Å². The lowest BCUT2D eigenvalue weighted by molar-refractivity contribution is -0.140. The Balaban J connectivity index is 1.45. The van der Waals surface area contributed by atoms with Crippen molar-refractivity contribution in [3.05, 3.63) is 117 Å². The topological polar surface area (TPSA) is 95.5 Å². The summed E-state index contributed by atoms with van der Waals surface area (Å²) >= 11 is 17.8. The third-order valence-electron chi connectivity index (χ3n) is 5.27. The number of amides is 1. The maximum atomic E-state index is 13.0. The van der Waals surface area contributed by atoms with Gasteiger partial charge in [0.2, 0.25) is 0 Å². The second-order valence-corrected chi connectivity index (χ2v) is 9.55. The molecule has 0 fully saturated rings. The molecule has 4 rings (SSSR count). The number of halogens is 3. The zero-order chi connectivity index (χ0) is 29.2. The largest absolute Gasteiger partial charge is 0.490 e. The fourth-order valence-corrected chi connectivity index (χ4v) is 3.71. The Morgan fingerprint density at radius 1 is 0.780 bits per heavy atom. The molecule has 11 heteroatoms. The van der Waals surface area contributed by atoms with Gasteiger partial charge >= 0.3 is 18.2 Å². The average molecular weight is 614 g/mol. The number of ether oxygens (including phenoxy) is 4. The number of rotatable bonds is 11. The molecule has 4 aromatic carbocycles. The van der Waals surface area contributed by atoms with Gasteiger partial charge in [-0.15, -0.1) is 0 Å². The van der Waals surface area contributed by atoms with E-state index in [1.54, 1.807) is 97.9 Å². The van der Waals surface area contributed by atoms with Gasteiger partial charge in [-0.05, 0) is 103 Å². The van der Waals surface area contributed by atoms with E-state index in [0.717, 1.165) is 0 Å². The summed E-state index contributed by atoms with van der Waals surface area (Å²) in [5.41, 5.74) is 3.31. The van der Waals surface area contributed by atoms with Crippen LogP contribution in [0.5, 0.6) is 23.0 Å². The van der Waals surface area contributed by atoms with Gasteiger partial charge in [-0.3, -0.25) is 4.79 Å². The first-order chi connectivity index (χ1) is 19.8. The Morgan fingerprint density at radius 3 is 1.85 bits per heavy atom. The van der Waals surface area contributed by atoms with Gasteiger partial charge in [0, 0.05) is 15.1 Å². The Hall–Kier alpha value is -4.24. The van der Waals surface area contributed by atoms with Crippen LogP contribution in [-0.4, -0.2) is 31.0 Å². The predicted molar refractivity (Wildman–Crippen MR) is 158 cm³/mol. The fourth-order valence-electron chi connectivity index (χ4n) is 3.33. The van der Waals surface area contributed by atoms with Crippen molar-refractivity contribution < 1.29 is 28.5 Å². The number of benzene rings is 4. The highest BCUT2D eigenvalue weighted by Crippen LogP contribution is 2.29. The van der Waals surface area contributed by atoms with Crippen LogP contribution in [-0.2, 0) is 4.79 Å². The van der Waals surface area contributed by atoms with Crippen LogP contribution < -0.4 is 24.4 Å². The molecule has 0 unspecified atom stereocenters. The minimum Gasteiger partial charge on any atom is -0.490 e. The lowest BCUT2D eigenvalue weighted by Gasteiger charge is -2.19. The molecule has 8 nitrogen and oxygen atoms in total. The van der Waals surface area contributed by atoms with Gasteiger partial charge in [-0.2, -0.15) is 5.10 Å². The molecule has 0 aliphatic heterocycles. The zero-order valence-electron chi connectivity index (χ0n) is 21.6. The lowest BCUT2D eigenvalue weighted by atomic mass is 10.2. The van der Waals surface area contributed by atoms with E-state index in [4.69, 9.17) is 53.8 Å². The Bertz CT molecular complexity index is 1460. The summed E-state index contributed by atoms with van der Waals surface area (Å²) in [6, 6.07) is 24.1. The molecule has 0 saturated carbocycles. The van der Waals surface area contributed by atoms with Crippen LogP contribution in [0.1, 0.15) is 22.8 Å². The van der Waals surface area contributed by atoms with E-state index in [1.807, 2.05) is 0 Å². The summed E-state index contributed by atoms with van der Waals surface area (Å²) in [5.74, 6) is 0.0180. The second kappa shape index (κ2) is 14.4. The van der Waals surface area contributed by atoms with E-state index in [1.165, 1.54) is 6.21 Å². The molecule has 0 aliphatic carbocycles. The van der Waals surface area contributed by atoms with Gasteiger partial charge in [-0.25, -0.2) is 10.2 Å². The Kier molecular flexibility index (Phi) is 10.5. The van der Waals surface area contributed by atoms with Crippen LogP contribution in [0.3, 0.4) is 0 Å². The number of nitrogens with zero attached hydrogens (tertiary/aromatic N) is 1. The molecule has 4 aromatic rings. The standard InChI is InChI=1S/C30H23Cl3N2O6/c1-2-38-27-17-19(3-16-26(27)41-29(37)20-4-6-21(31)7-5-20)18-34-35-28(36)30(39-24-12-8-22(32)9-13-24)40-25-14-10-23(33)11-15-25/h3-18,30H,2H2,1H3,(H,35,36). The molecule has 0 aromatic heterocycles. The normalized spacial score (nSPS) is 10.9. The first kappa shape index (κ1) is 29.7. The first-order valence-electron chi connectivity index (χ1n) is 12.2. The molecular formula is C30H23Cl3N2O6. The van der Waals surface area contributed by atoms with Crippen molar-refractivity contribution in [2.45, 2.75) is 13.2 Å². The lowest BCUT2D eigenvalue weighted by Crippen LogP contribution is -2.40. The smallest absolute Gasteiger partial charge is 0.343 e.